The van der Waals surface area contributed by atoms with E-state index >= 15 is 0 Å². The van der Waals surface area contributed by atoms with Crippen LogP contribution in [0.5, 0.6) is 0 Å². The van der Waals surface area contributed by atoms with Crippen molar-refractivity contribution in [1.29, 1.82) is 0 Å². The van der Waals surface area contributed by atoms with E-state index in [1.807, 2.05) is 0 Å². The molecule has 1 amide bonds. The summed E-state index contributed by atoms with van der Waals surface area (Å²) in [5.41, 5.74) is 0.0556. The van der Waals surface area contributed by atoms with Gasteiger partial charge in [0, 0.05) is 19.0 Å². The average molecular weight is 182 g/mol. The van der Waals surface area contributed by atoms with Gasteiger partial charge in [-0.2, -0.15) is 0 Å². The molecule has 74 valence electrons. The Labute approximate surface area is 79.3 Å². The molecule has 1 saturated heterocycles. The Hall–Kier alpha value is -0.570. The fraction of sp³-hybridized carbons (Fsp3) is 0.900. The molecule has 3 heteroatoms. The lowest BCUT2D eigenvalue weighted by Crippen LogP contribution is -2.49. The van der Waals surface area contributed by atoms with E-state index in [4.69, 9.17) is 0 Å². The minimum Gasteiger partial charge on any atom is -0.351 e. The highest BCUT2D eigenvalue weighted by Gasteiger charge is 2.47. The van der Waals surface area contributed by atoms with Crippen LogP contribution in [-0.2, 0) is 4.79 Å². The molecule has 1 saturated carbocycles. The predicted octanol–water partition coefficient (Wildman–Crippen LogP) is 0.511. The van der Waals surface area contributed by atoms with Crippen molar-refractivity contribution >= 4 is 5.91 Å². The quantitative estimate of drug-likeness (QED) is 0.620. The molecular weight excluding hydrogens is 164 g/mol. The van der Waals surface area contributed by atoms with Crippen molar-refractivity contribution in [2.45, 2.75) is 32.2 Å². The van der Waals surface area contributed by atoms with Gasteiger partial charge in [0.05, 0.1) is 0 Å². The smallest absolute Gasteiger partial charge is 0.217 e. The van der Waals surface area contributed by atoms with Gasteiger partial charge in [-0.1, -0.05) is 0 Å². The molecule has 3 nitrogen and oxygen atoms in total. The third kappa shape index (κ3) is 1.46. The summed E-state index contributed by atoms with van der Waals surface area (Å²) in [6.45, 7) is 6.01. The van der Waals surface area contributed by atoms with Crippen LogP contribution in [-0.4, -0.2) is 24.5 Å². The minimum atomic E-state index is 0.0556. The number of amides is 1. The third-order valence-corrected chi connectivity index (χ3v) is 3.65. The number of rotatable bonds is 1. The molecule has 0 aromatic carbocycles. The third-order valence-electron chi connectivity index (χ3n) is 3.65. The van der Waals surface area contributed by atoms with E-state index in [1.165, 1.54) is 6.42 Å². The summed E-state index contributed by atoms with van der Waals surface area (Å²) in [5, 5.41) is 6.51. The summed E-state index contributed by atoms with van der Waals surface area (Å²) in [6.07, 6.45) is 2.40. The second kappa shape index (κ2) is 2.98. The summed E-state index contributed by atoms with van der Waals surface area (Å²) >= 11 is 0. The molecule has 2 rings (SSSR count). The summed E-state index contributed by atoms with van der Waals surface area (Å²) in [6, 6.07) is 0. The Morgan fingerprint density at radius 2 is 2.31 bits per heavy atom. The zero-order chi connectivity index (χ0) is 9.47. The summed E-state index contributed by atoms with van der Waals surface area (Å²) < 4.78 is 0. The van der Waals surface area contributed by atoms with E-state index in [2.05, 4.69) is 17.6 Å². The summed E-state index contributed by atoms with van der Waals surface area (Å²) in [5.74, 6) is 1.54. The molecule has 1 aliphatic heterocycles. The lowest BCUT2D eigenvalue weighted by atomic mass is 9.86. The first kappa shape index (κ1) is 9.00. The molecule has 0 radical (unpaired) electrons. The first-order valence-electron chi connectivity index (χ1n) is 5.11. The van der Waals surface area contributed by atoms with Gasteiger partial charge in [0.15, 0.2) is 0 Å². The molecule has 0 spiro atoms. The van der Waals surface area contributed by atoms with E-state index in [0.717, 1.165) is 25.4 Å². The fourth-order valence-corrected chi connectivity index (χ4v) is 3.01. The largest absolute Gasteiger partial charge is 0.351 e. The zero-order valence-electron chi connectivity index (χ0n) is 8.39. The van der Waals surface area contributed by atoms with Crippen LogP contribution in [0.2, 0.25) is 0 Å². The molecule has 2 aliphatic rings. The van der Waals surface area contributed by atoms with E-state index in [9.17, 15) is 4.79 Å². The SMILES string of the molecule is CC(=O)N[C@@]1(C)CC[C@@H]2CNC[C@@H]21. The Balaban J connectivity index is 2.09. The molecule has 13 heavy (non-hydrogen) atoms. The fourth-order valence-electron chi connectivity index (χ4n) is 3.01. The van der Waals surface area contributed by atoms with Crippen molar-refractivity contribution in [3.63, 3.8) is 0 Å². The monoisotopic (exact) mass is 182 g/mol. The summed E-state index contributed by atoms with van der Waals surface area (Å²) in [4.78, 5) is 11.1. The molecule has 0 aromatic heterocycles. The number of carbonyl (C=O) groups is 1. The van der Waals surface area contributed by atoms with Gasteiger partial charge in [-0.05, 0) is 38.1 Å². The van der Waals surface area contributed by atoms with E-state index in [-0.39, 0.29) is 11.4 Å². The van der Waals surface area contributed by atoms with Crippen LogP contribution in [0.15, 0.2) is 0 Å². The normalized spacial score (nSPS) is 43.2. The Morgan fingerprint density at radius 3 is 3.00 bits per heavy atom. The molecule has 0 aromatic rings. The Kier molecular flexibility index (Phi) is 2.06. The van der Waals surface area contributed by atoms with Gasteiger partial charge in [0.1, 0.15) is 0 Å². The van der Waals surface area contributed by atoms with Gasteiger partial charge >= 0.3 is 0 Å². The standard InChI is InChI=1S/C10H18N2O/c1-7(13)12-10(2)4-3-8-5-11-6-9(8)10/h8-9,11H,3-6H2,1-2H3,(H,12,13)/t8-,9+,10+/m1/s1. The van der Waals surface area contributed by atoms with Gasteiger partial charge in [0.2, 0.25) is 5.91 Å². The molecular formula is C10H18N2O. The van der Waals surface area contributed by atoms with Crippen LogP contribution < -0.4 is 10.6 Å². The molecule has 1 heterocycles. The van der Waals surface area contributed by atoms with Gasteiger partial charge in [-0.25, -0.2) is 0 Å². The number of fused-ring (bicyclic) bond motifs is 1. The highest BCUT2D eigenvalue weighted by Crippen LogP contribution is 2.41. The molecule has 2 N–H and O–H groups in total. The van der Waals surface area contributed by atoms with Crippen LogP contribution in [0.1, 0.15) is 26.7 Å². The van der Waals surface area contributed by atoms with Crippen LogP contribution in [0.4, 0.5) is 0 Å². The van der Waals surface area contributed by atoms with E-state index in [1.54, 1.807) is 6.92 Å². The summed E-state index contributed by atoms with van der Waals surface area (Å²) in [7, 11) is 0. The van der Waals surface area contributed by atoms with Gasteiger partial charge < -0.3 is 10.6 Å². The zero-order valence-corrected chi connectivity index (χ0v) is 8.39. The van der Waals surface area contributed by atoms with Crippen molar-refractivity contribution in [2.24, 2.45) is 11.8 Å². The maximum Gasteiger partial charge on any atom is 0.217 e. The highest BCUT2D eigenvalue weighted by molar-refractivity contribution is 5.73. The second-order valence-corrected chi connectivity index (χ2v) is 4.66. The van der Waals surface area contributed by atoms with Crippen molar-refractivity contribution in [3.8, 4) is 0 Å². The first-order valence-corrected chi connectivity index (χ1v) is 5.11. The van der Waals surface area contributed by atoms with Gasteiger partial charge in [0.25, 0.3) is 0 Å². The van der Waals surface area contributed by atoms with Crippen molar-refractivity contribution in [2.75, 3.05) is 13.1 Å². The van der Waals surface area contributed by atoms with Crippen LogP contribution in [0.3, 0.4) is 0 Å². The van der Waals surface area contributed by atoms with Crippen LogP contribution in [0, 0.1) is 11.8 Å². The average Bonchev–Trinajstić information content (AvgIpc) is 2.54. The Morgan fingerprint density at radius 1 is 1.54 bits per heavy atom. The second-order valence-electron chi connectivity index (χ2n) is 4.66. The first-order chi connectivity index (χ1) is 6.12. The minimum absolute atomic E-state index is 0.0556. The van der Waals surface area contributed by atoms with Crippen LogP contribution >= 0.6 is 0 Å². The lowest BCUT2D eigenvalue weighted by molar-refractivity contribution is -0.121. The predicted molar refractivity (Wildman–Crippen MR) is 51.3 cm³/mol. The molecule has 1 aliphatic carbocycles. The molecule has 2 fully saturated rings. The Bertz CT molecular complexity index is 229. The van der Waals surface area contributed by atoms with Crippen molar-refractivity contribution in [1.82, 2.24) is 10.6 Å². The maximum atomic E-state index is 11.1. The maximum absolute atomic E-state index is 11.1. The number of hydrogen-bond donors (Lipinski definition) is 2. The topological polar surface area (TPSA) is 41.1 Å². The highest BCUT2D eigenvalue weighted by atomic mass is 16.1. The van der Waals surface area contributed by atoms with Crippen molar-refractivity contribution in [3.05, 3.63) is 0 Å². The molecule has 0 bridgehead atoms. The number of hydrogen-bond acceptors (Lipinski definition) is 2. The molecule has 3 atom stereocenters. The number of nitrogens with one attached hydrogen (secondary N) is 2. The van der Waals surface area contributed by atoms with E-state index in [0.29, 0.717) is 5.92 Å². The van der Waals surface area contributed by atoms with E-state index < -0.39 is 0 Å². The van der Waals surface area contributed by atoms with Crippen molar-refractivity contribution < 1.29 is 4.79 Å². The molecule has 0 unspecified atom stereocenters. The van der Waals surface area contributed by atoms with Gasteiger partial charge in [-0.3, -0.25) is 4.79 Å². The van der Waals surface area contributed by atoms with Crippen LogP contribution in [0.25, 0.3) is 0 Å². The lowest BCUT2D eigenvalue weighted by Gasteiger charge is -2.31. The number of carbonyl (C=O) groups excluding carboxylic acids is 1. The van der Waals surface area contributed by atoms with Gasteiger partial charge in [-0.15, -0.1) is 0 Å².